The minimum Gasteiger partial charge on any atom is -0.305 e. The third-order valence-electron chi connectivity index (χ3n) is 2.07. The molecule has 1 unspecified atom stereocenters. The Morgan fingerprint density at radius 1 is 1.43 bits per heavy atom. The number of rotatable bonds is 3. The minimum absolute atomic E-state index is 0.143. The Bertz CT molecular complexity index is 213. The summed E-state index contributed by atoms with van der Waals surface area (Å²) in [6, 6.07) is 0. The average Bonchev–Trinajstić information content (AvgIpc) is 2.54. The van der Waals surface area contributed by atoms with Crippen LogP contribution in [0.2, 0.25) is 0 Å². The van der Waals surface area contributed by atoms with Crippen molar-refractivity contribution in [3.63, 3.8) is 0 Å². The van der Waals surface area contributed by atoms with E-state index >= 15 is 0 Å². The first-order valence-corrected chi connectivity index (χ1v) is 6.45. The van der Waals surface area contributed by atoms with Crippen LogP contribution in [0.1, 0.15) is 33.6 Å². The molecule has 0 amide bonds. The summed E-state index contributed by atoms with van der Waals surface area (Å²) in [5.74, 6) is 7.75. The molecule has 1 aliphatic rings. The second-order valence-corrected chi connectivity index (χ2v) is 6.23. The second kappa shape index (κ2) is 5.68. The molecule has 14 heavy (non-hydrogen) atoms. The van der Waals surface area contributed by atoms with E-state index in [0.29, 0.717) is 0 Å². The third-order valence-corrected chi connectivity index (χ3v) is 3.47. The maximum Gasteiger partial charge on any atom is 0.0577 e. The Kier molecular flexibility index (Phi) is 4.84. The van der Waals surface area contributed by atoms with E-state index in [1.807, 2.05) is 0 Å². The van der Waals surface area contributed by atoms with Crippen molar-refractivity contribution in [1.29, 1.82) is 0 Å². The highest BCUT2D eigenvalue weighted by Crippen LogP contribution is 2.24. The number of nitrogens with one attached hydrogen (secondary N) is 1. The zero-order valence-corrected chi connectivity index (χ0v) is 10.3. The fourth-order valence-electron chi connectivity index (χ4n) is 1.41. The summed E-state index contributed by atoms with van der Waals surface area (Å²) in [5, 5.41) is 4.24. The molecule has 0 aromatic rings. The first kappa shape index (κ1) is 11.9. The maximum atomic E-state index is 3.41. The molecule has 1 aliphatic heterocycles. The van der Waals surface area contributed by atoms with E-state index in [2.05, 4.69) is 49.7 Å². The predicted octanol–water partition coefficient (Wildman–Crippen LogP) is 2.52. The van der Waals surface area contributed by atoms with Crippen molar-refractivity contribution in [3.8, 4) is 11.8 Å². The standard InChI is InChI=1S/C12H21NS/c1-12(2,3)7-5-8-13-10-11-6-4-9-14-11/h11,13H,4,6,8-10H2,1-3H3. The van der Waals surface area contributed by atoms with Gasteiger partial charge in [-0.2, -0.15) is 11.8 Å². The monoisotopic (exact) mass is 211 g/mol. The molecule has 0 radical (unpaired) electrons. The molecule has 1 rings (SSSR count). The van der Waals surface area contributed by atoms with Crippen LogP contribution in [0.3, 0.4) is 0 Å². The zero-order valence-electron chi connectivity index (χ0n) is 9.52. The lowest BCUT2D eigenvalue weighted by molar-refractivity contribution is 0.569. The van der Waals surface area contributed by atoms with Gasteiger partial charge in [-0.05, 0) is 39.4 Å². The molecule has 0 spiro atoms. The van der Waals surface area contributed by atoms with E-state index in [1.165, 1.54) is 18.6 Å². The minimum atomic E-state index is 0.143. The molecule has 0 aromatic carbocycles. The Hall–Kier alpha value is -0.130. The van der Waals surface area contributed by atoms with Crippen molar-refractivity contribution in [2.75, 3.05) is 18.8 Å². The van der Waals surface area contributed by atoms with Gasteiger partial charge in [0.2, 0.25) is 0 Å². The first-order valence-electron chi connectivity index (χ1n) is 5.40. The maximum absolute atomic E-state index is 3.41. The highest BCUT2D eigenvalue weighted by atomic mass is 32.2. The van der Waals surface area contributed by atoms with Crippen LogP contribution in [-0.2, 0) is 0 Å². The lowest BCUT2D eigenvalue weighted by Crippen LogP contribution is -2.23. The quantitative estimate of drug-likeness (QED) is 0.569. The van der Waals surface area contributed by atoms with E-state index in [-0.39, 0.29) is 5.41 Å². The number of hydrogen-bond donors (Lipinski definition) is 1. The van der Waals surface area contributed by atoms with E-state index in [0.717, 1.165) is 18.3 Å². The van der Waals surface area contributed by atoms with Gasteiger partial charge in [-0.3, -0.25) is 0 Å². The fourth-order valence-corrected chi connectivity index (χ4v) is 2.65. The van der Waals surface area contributed by atoms with Crippen LogP contribution in [0, 0.1) is 17.3 Å². The smallest absolute Gasteiger partial charge is 0.0577 e. The van der Waals surface area contributed by atoms with Crippen LogP contribution in [-0.4, -0.2) is 24.1 Å². The van der Waals surface area contributed by atoms with Crippen molar-refractivity contribution in [1.82, 2.24) is 5.32 Å². The first-order chi connectivity index (χ1) is 6.58. The summed E-state index contributed by atoms with van der Waals surface area (Å²) < 4.78 is 0. The molecule has 2 heteroatoms. The van der Waals surface area contributed by atoms with Gasteiger partial charge >= 0.3 is 0 Å². The summed E-state index contributed by atoms with van der Waals surface area (Å²) in [7, 11) is 0. The van der Waals surface area contributed by atoms with Gasteiger partial charge in [-0.25, -0.2) is 0 Å². The zero-order chi connectivity index (χ0) is 10.4. The van der Waals surface area contributed by atoms with Crippen LogP contribution in [0.15, 0.2) is 0 Å². The topological polar surface area (TPSA) is 12.0 Å². The molecule has 0 bridgehead atoms. The van der Waals surface area contributed by atoms with Crippen molar-refractivity contribution in [2.45, 2.75) is 38.9 Å². The average molecular weight is 211 g/mol. The fraction of sp³-hybridized carbons (Fsp3) is 0.833. The molecule has 1 fully saturated rings. The summed E-state index contributed by atoms with van der Waals surface area (Å²) >= 11 is 2.10. The third kappa shape index (κ3) is 5.57. The van der Waals surface area contributed by atoms with E-state index < -0.39 is 0 Å². The molecule has 1 N–H and O–H groups in total. The van der Waals surface area contributed by atoms with Gasteiger partial charge in [0.05, 0.1) is 6.54 Å². The Morgan fingerprint density at radius 3 is 2.79 bits per heavy atom. The molecule has 80 valence electrons. The van der Waals surface area contributed by atoms with Gasteiger partial charge in [0, 0.05) is 17.2 Å². The molecule has 1 saturated heterocycles. The summed E-state index contributed by atoms with van der Waals surface area (Å²) in [6.07, 6.45) is 2.77. The van der Waals surface area contributed by atoms with E-state index in [9.17, 15) is 0 Å². The van der Waals surface area contributed by atoms with Crippen LogP contribution < -0.4 is 5.32 Å². The molecular formula is C12H21NS. The van der Waals surface area contributed by atoms with Gasteiger partial charge in [0.15, 0.2) is 0 Å². The molecule has 1 heterocycles. The number of hydrogen-bond acceptors (Lipinski definition) is 2. The Morgan fingerprint density at radius 2 is 2.21 bits per heavy atom. The Balaban J connectivity index is 2.05. The van der Waals surface area contributed by atoms with Gasteiger partial charge in [0.1, 0.15) is 0 Å². The van der Waals surface area contributed by atoms with Crippen molar-refractivity contribution in [2.24, 2.45) is 5.41 Å². The summed E-state index contributed by atoms with van der Waals surface area (Å²) in [5.41, 5.74) is 0.143. The molecule has 0 aliphatic carbocycles. The molecule has 1 nitrogen and oxygen atoms in total. The highest BCUT2D eigenvalue weighted by molar-refractivity contribution is 8.00. The van der Waals surface area contributed by atoms with E-state index in [1.54, 1.807) is 0 Å². The van der Waals surface area contributed by atoms with Crippen LogP contribution in [0.5, 0.6) is 0 Å². The van der Waals surface area contributed by atoms with Gasteiger partial charge in [0.25, 0.3) is 0 Å². The van der Waals surface area contributed by atoms with Gasteiger partial charge in [-0.1, -0.05) is 11.8 Å². The largest absolute Gasteiger partial charge is 0.305 e. The lowest BCUT2D eigenvalue weighted by atomic mass is 9.98. The highest BCUT2D eigenvalue weighted by Gasteiger charge is 2.14. The Labute approximate surface area is 92.4 Å². The normalized spacial score (nSPS) is 21.8. The second-order valence-electron chi connectivity index (χ2n) is 4.82. The molecule has 0 saturated carbocycles. The number of thioether (sulfide) groups is 1. The summed E-state index contributed by atoms with van der Waals surface area (Å²) in [4.78, 5) is 0. The van der Waals surface area contributed by atoms with Crippen LogP contribution >= 0.6 is 11.8 Å². The predicted molar refractivity (Wildman–Crippen MR) is 65.6 cm³/mol. The SMILES string of the molecule is CC(C)(C)C#CCNCC1CCCS1. The van der Waals surface area contributed by atoms with Crippen LogP contribution in [0.25, 0.3) is 0 Å². The molecule has 0 aromatic heterocycles. The van der Waals surface area contributed by atoms with Crippen molar-refractivity contribution in [3.05, 3.63) is 0 Å². The van der Waals surface area contributed by atoms with Crippen LogP contribution in [0.4, 0.5) is 0 Å². The van der Waals surface area contributed by atoms with Gasteiger partial charge in [-0.15, -0.1) is 0 Å². The summed E-state index contributed by atoms with van der Waals surface area (Å²) in [6.45, 7) is 8.41. The van der Waals surface area contributed by atoms with Gasteiger partial charge < -0.3 is 5.32 Å². The van der Waals surface area contributed by atoms with Crippen molar-refractivity contribution < 1.29 is 0 Å². The lowest BCUT2D eigenvalue weighted by Gasteiger charge is -2.08. The molecule has 1 atom stereocenters. The van der Waals surface area contributed by atoms with E-state index in [4.69, 9.17) is 0 Å². The molecular weight excluding hydrogens is 190 g/mol. The van der Waals surface area contributed by atoms with Crippen molar-refractivity contribution >= 4 is 11.8 Å².